The predicted molar refractivity (Wildman–Crippen MR) is 225 cm³/mol. The van der Waals surface area contributed by atoms with E-state index < -0.39 is 54.7 Å². The molecule has 0 bridgehead atoms. The monoisotopic (exact) mass is 822 g/mol. The van der Waals surface area contributed by atoms with E-state index in [1.807, 2.05) is 33.8 Å². The van der Waals surface area contributed by atoms with Gasteiger partial charge in [-0.15, -0.1) is 0 Å². The van der Waals surface area contributed by atoms with Crippen LogP contribution in [-0.2, 0) is 33.3 Å². The number of carbonyl (C=O) groups excluding carboxylic acids is 3. The van der Waals surface area contributed by atoms with Crippen molar-refractivity contribution in [3.05, 3.63) is 23.8 Å². The smallest absolute Gasteiger partial charge is 0.308 e. The van der Waals surface area contributed by atoms with Crippen LogP contribution < -0.4 is 0 Å². The first-order chi connectivity index (χ1) is 27.6. The van der Waals surface area contributed by atoms with Crippen LogP contribution in [0.25, 0.3) is 0 Å². The highest BCUT2D eigenvalue weighted by atomic mass is 16.7. The third-order valence-corrected chi connectivity index (χ3v) is 12.5. The fourth-order valence-corrected chi connectivity index (χ4v) is 9.03. The highest BCUT2D eigenvalue weighted by Gasteiger charge is 2.47. The molecular weight excluding hydrogens is 743 g/mol. The number of allylic oxidation sites excluding steroid dienone is 3. The van der Waals surface area contributed by atoms with E-state index in [2.05, 4.69) is 20.6 Å². The van der Waals surface area contributed by atoms with E-state index in [4.69, 9.17) is 14.2 Å². The second kappa shape index (κ2) is 25.5. The fourth-order valence-electron chi connectivity index (χ4n) is 9.03. The molecule has 13 nitrogen and oxygen atoms in total. The number of aliphatic hydroxyl groups is 3. The first kappa shape index (κ1) is 50.1. The van der Waals surface area contributed by atoms with Crippen LogP contribution in [0, 0.1) is 23.7 Å². The number of ketones is 1. The van der Waals surface area contributed by atoms with Crippen molar-refractivity contribution in [3.63, 3.8) is 0 Å². The number of hydrogen-bond donors (Lipinski definition) is 3. The Morgan fingerprint density at radius 3 is 2.09 bits per heavy atom. The summed E-state index contributed by atoms with van der Waals surface area (Å²) in [7, 11) is 3.60. The minimum atomic E-state index is -1.17. The van der Waals surface area contributed by atoms with Crippen molar-refractivity contribution in [1.29, 1.82) is 0 Å². The molecule has 12 atom stereocenters. The van der Waals surface area contributed by atoms with Gasteiger partial charge in [-0.1, -0.05) is 51.3 Å². The van der Waals surface area contributed by atoms with Crippen LogP contribution in [-0.4, -0.2) is 157 Å². The van der Waals surface area contributed by atoms with Gasteiger partial charge in [0, 0.05) is 31.2 Å². The predicted octanol–water partition coefficient (Wildman–Crippen LogP) is 4.75. The van der Waals surface area contributed by atoms with Crippen molar-refractivity contribution in [3.8, 4) is 0 Å². The Morgan fingerprint density at radius 1 is 0.914 bits per heavy atom. The summed E-state index contributed by atoms with van der Waals surface area (Å²) in [5.41, 5.74) is 0.954. The summed E-state index contributed by atoms with van der Waals surface area (Å²) in [5, 5.41) is 34.2. The van der Waals surface area contributed by atoms with Gasteiger partial charge in [0.1, 0.15) is 12.2 Å². The van der Waals surface area contributed by atoms with E-state index in [1.165, 1.54) is 19.8 Å². The van der Waals surface area contributed by atoms with Crippen molar-refractivity contribution in [1.82, 2.24) is 14.7 Å². The molecule has 0 saturated carbocycles. The minimum Gasteiger partial charge on any atom is -0.466 e. The molecule has 3 fully saturated rings. The largest absolute Gasteiger partial charge is 0.466 e. The number of esters is 2. The summed E-state index contributed by atoms with van der Waals surface area (Å²) in [5.74, 6) is -1.79. The maximum absolute atomic E-state index is 13.8. The molecule has 0 spiro atoms. The molecule has 0 radical (unpaired) electrons. The van der Waals surface area contributed by atoms with Gasteiger partial charge in [0.05, 0.1) is 43.5 Å². The summed E-state index contributed by atoms with van der Waals surface area (Å²) in [6.07, 6.45) is 8.49. The number of carbonyl (C=O) groups is 3. The van der Waals surface area contributed by atoms with Gasteiger partial charge in [-0.05, 0) is 125 Å². The Kier molecular flexibility index (Phi) is 22.1. The van der Waals surface area contributed by atoms with E-state index in [0.717, 1.165) is 70.5 Å². The molecule has 13 heteroatoms. The molecule has 0 aromatic heterocycles. The molecular formula is C45H79N3O10. The van der Waals surface area contributed by atoms with E-state index in [0.29, 0.717) is 25.9 Å². The van der Waals surface area contributed by atoms with E-state index >= 15 is 0 Å². The van der Waals surface area contributed by atoms with Gasteiger partial charge >= 0.3 is 11.9 Å². The molecule has 3 saturated heterocycles. The molecule has 0 amide bonds. The molecule has 58 heavy (non-hydrogen) atoms. The molecule has 0 aliphatic carbocycles. The molecule has 0 aromatic carbocycles. The maximum Gasteiger partial charge on any atom is 0.308 e. The van der Waals surface area contributed by atoms with Gasteiger partial charge in [0.2, 0.25) is 0 Å². The van der Waals surface area contributed by atoms with Gasteiger partial charge in [-0.3, -0.25) is 14.4 Å². The van der Waals surface area contributed by atoms with Crippen LogP contribution in [0.2, 0.25) is 0 Å². The number of ether oxygens (including phenoxy) is 4. The lowest BCUT2D eigenvalue weighted by atomic mass is 9.79. The highest BCUT2D eigenvalue weighted by molar-refractivity contribution is 5.91. The van der Waals surface area contributed by atoms with Crippen LogP contribution in [0.15, 0.2) is 23.8 Å². The number of hydrogen-bond acceptors (Lipinski definition) is 13. The lowest BCUT2D eigenvalue weighted by Gasteiger charge is -2.47. The Balaban J connectivity index is 0.00000139. The molecule has 7 unspecified atom stereocenters. The summed E-state index contributed by atoms with van der Waals surface area (Å²) in [6, 6.07) is -0.632. The van der Waals surface area contributed by atoms with Gasteiger partial charge in [0.25, 0.3) is 0 Å². The lowest BCUT2D eigenvalue weighted by Crippen LogP contribution is -2.63. The second-order valence-corrected chi connectivity index (χ2v) is 17.5. The zero-order valence-electron chi connectivity index (χ0n) is 37.2. The quantitative estimate of drug-likeness (QED) is 0.260. The molecule has 3 N–H and O–H groups in total. The zero-order chi connectivity index (χ0) is 42.9. The molecule has 4 aliphatic rings. The summed E-state index contributed by atoms with van der Waals surface area (Å²) >= 11 is 0. The molecule has 4 aliphatic heterocycles. The number of likely N-dealkylation sites (tertiary alicyclic amines) is 2. The fraction of sp³-hybridized carbons (Fsp3) is 0.844. The number of nitrogens with zero attached hydrogens (tertiary/aromatic N) is 3. The number of cyclic esters (lactones) is 1. The summed E-state index contributed by atoms with van der Waals surface area (Å²) < 4.78 is 23.5. The van der Waals surface area contributed by atoms with Crippen LogP contribution in [0.4, 0.5) is 0 Å². The van der Waals surface area contributed by atoms with Crippen molar-refractivity contribution in [2.45, 2.75) is 162 Å². The number of rotatable bonds is 10. The van der Waals surface area contributed by atoms with Crippen LogP contribution >= 0.6 is 0 Å². The SMILES string of the molecule is CCC1OC(=O)CC(O)C(C)C(O[C@@H]2O[C@@H](C)[C@@H](O)[C@H](N(C)C)[C@@H]2O)C(CCN2CCCCC2)CC(C)C(=O)/C=C/C(C)=C/C1CN1CCCCC1.CCOC(C)=O. The lowest BCUT2D eigenvalue weighted by molar-refractivity contribution is -0.304. The topological polar surface area (TPSA) is 159 Å². The third kappa shape index (κ3) is 16.0. The first-order valence-electron chi connectivity index (χ1n) is 22.2. The molecule has 0 aromatic rings. The van der Waals surface area contributed by atoms with Gasteiger partial charge in [0.15, 0.2) is 12.1 Å². The Bertz CT molecular complexity index is 1300. The Labute approximate surface area is 349 Å². The van der Waals surface area contributed by atoms with Crippen LogP contribution in [0.1, 0.15) is 113 Å². The van der Waals surface area contributed by atoms with Gasteiger partial charge < -0.3 is 49.0 Å². The zero-order valence-corrected chi connectivity index (χ0v) is 37.2. The molecule has 334 valence electrons. The second-order valence-electron chi connectivity index (χ2n) is 17.5. The average Bonchev–Trinajstić information content (AvgIpc) is 3.18. The van der Waals surface area contributed by atoms with Crippen molar-refractivity contribution >= 4 is 17.7 Å². The van der Waals surface area contributed by atoms with Gasteiger partial charge in [-0.2, -0.15) is 0 Å². The normalized spacial score (nSPS) is 36.9. The van der Waals surface area contributed by atoms with E-state index in [1.54, 1.807) is 38.9 Å². The van der Waals surface area contributed by atoms with Crippen LogP contribution in [0.3, 0.4) is 0 Å². The Hall–Kier alpha value is -2.23. The van der Waals surface area contributed by atoms with Crippen molar-refractivity contribution in [2.75, 3.05) is 60.0 Å². The van der Waals surface area contributed by atoms with Crippen LogP contribution in [0.5, 0.6) is 0 Å². The average molecular weight is 822 g/mol. The highest BCUT2D eigenvalue weighted by Crippen LogP contribution is 2.35. The summed E-state index contributed by atoms with van der Waals surface area (Å²) in [6.45, 7) is 18.9. The standard InChI is InChI=1S/C41H71N3O8.C4H8O2/c1-8-35-32(26-44-20-13-10-14-21-44)23-27(2)15-16-33(45)28(3)24-31(17-22-43-18-11-9-12-19-43)40(29(4)34(46)25-36(47)51-35)52-41-39(49)37(42(6)7)38(48)30(5)50-41;1-3-6-4(2)5/h15-16,23,28-32,34-35,37-41,46,48-49H,8-14,17-22,24-26H2,1-7H3;3H2,1-2H3/b16-15+,27-23+;/t28?,29?,30-,31?,32?,34?,35?,37-,38+,39-,40?,41-;/m0./s1. The van der Waals surface area contributed by atoms with Gasteiger partial charge in [-0.25, -0.2) is 0 Å². The van der Waals surface area contributed by atoms with E-state index in [9.17, 15) is 29.7 Å². The number of piperidine rings is 2. The molecule has 4 heterocycles. The third-order valence-electron chi connectivity index (χ3n) is 12.5. The number of aliphatic hydroxyl groups excluding tert-OH is 3. The first-order valence-corrected chi connectivity index (χ1v) is 22.2. The summed E-state index contributed by atoms with van der Waals surface area (Å²) in [4.78, 5) is 43.9. The minimum absolute atomic E-state index is 0.0270. The van der Waals surface area contributed by atoms with Crippen molar-refractivity contribution < 1.29 is 48.7 Å². The van der Waals surface area contributed by atoms with Crippen molar-refractivity contribution in [2.24, 2.45) is 23.7 Å². The number of likely N-dealkylation sites (N-methyl/N-ethyl adjacent to an activating group) is 1. The molecule has 4 rings (SSSR count). The maximum atomic E-state index is 13.8. The van der Waals surface area contributed by atoms with E-state index in [-0.39, 0.29) is 42.0 Å². The Morgan fingerprint density at radius 2 is 1.53 bits per heavy atom.